The van der Waals surface area contributed by atoms with Gasteiger partial charge in [0, 0.05) is 37.0 Å². The molecular formula is C33H39N5O2S. The smallest absolute Gasteiger partial charge is 0.265 e. The molecule has 2 aliphatic rings. The van der Waals surface area contributed by atoms with Gasteiger partial charge in [-0.05, 0) is 42.5 Å². The van der Waals surface area contributed by atoms with Crippen LogP contribution in [0.5, 0.6) is 0 Å². The molecule has 3 aromatic carbocycles. The Kier molecular flexibility index (Phi) is 9.77. The molecule has 0 radical (unpaired) electrons. The first-order chi connectivity index (χ1) is 20.0. The highest BCUT2D eigenvalue weighted by molar-refractivity contribution is 8.02. The highest BCUT2D eigenvalue weighted by Crippen LogP contribution is 2.42. The number of carbonyl (C=O) groups is 2. The molecule has 0 aliphatic carbocycles. The van der Waals surface area contributed by atoms with Gasteiger partial charge in [0.05, 0.1) is 6.04 Å². The van der Waals surface area contributed by atoms with E-state index in [0.717, 1.165) is 18.4 Å². The molecule has 2 heterocycles. The molecule has 3 atom stereocenters. The largest absolute Gasteiger partial charge is 0.364 e. The summed E-state index contributed by atoms with van der Waals surface area (Å²) in [4.78, 5) is 30.5. The Hall–Kier alpha value is -3.59. The van der Waals surface area contributed by atoms with Crippen LogP contribution in [0.2, 0.25) is 0 Å². The Labute approximate surface area is 247 Å². The van der Waals surface area contributed by atoms with Gasteiger partial charge in [0.1, 0.15) is 11.1 Å². The summed E-state index contributed by atoms with van der Waals surface area (Å²) >= 11 is 1.59. The number of amides is 2. The maximum absolute atomic E-state index is 14.0. The fraction of sp³-hybridized carbons (Fsp3) is 0.333. The number of carbonyl (C=O) groups excluding carboxylic acids is 2. The Morgan fingerprint density at radius 1 is 0.951 bits per heavy atom. The first-order valence-corrected chi connectivity index (χ1v) is 15.3. The predicted molar refractivity (Wildman–Crippen MR) is 166 cm³/mol. The number of hydrogen-bond acceptors (Lipinski definition) is 6. The third-order valence-electron chi connectivity index (χ3n) is 7.95. The van der Waals surface area contributed by atoms with Gasteiger partial charge in [0.25, 0.3) is 5.91 Å². The monoisotopic (exact) mass is 569 g/mol. The lowest BCUT2D eigenvalue weighted by Crippen LogP contribution is -2.49. The van der Waals surface area contributed by atoms with Crippen molar-refractivity contribution < 1.29 is 9.59 Å². The van der Waals surface area contributed by atoms with Crippen LogP contribution in [-0.4, -0.2) is 59.9 Å². The van der Waals surface area contributed by atoms with Crippen LogP contribution in [0.1, 0.15) is 47.2 Å². The van der Waals surface area contributed by atoms with Gasteiger partial charge >= 0.3 is 0 Å². The molecule has 5 N–H and O–H groups in total. The van der Waals surface area contributed by atoms with E-state index in [0.29, 0.717) is 38.3 Å². The summed E-state index contributed by atoms with van der Waals surface area (Å²) in [5, 5.41) is 5.49. The second-order valence-corrected chi connectivity index (χ2v) is 11.7. The third-order valence-corrected chi connectivity index (χ3v) is 9.10. The number of hydrogen-bond donors (Lipinski definition) is 3. The number of primary amides is 1. The minimum absolute atomic E-state index is 0.00807. The molecule has 5 rings (SSSR count). The van der Waals surface area contributed by atoms with E-state index in [9.17, 15) is 9.59 Å². The summed E-state index contributed by atoms with van der Waals surface area (Å²) in [6, 6.07) is 30.6. The van der Waals surface area contributed by atoms with Crippen molar-refractivity contribution in [3.8, 4) is 0 Å². The molecule has 0 aromatic heterocycles. The van der Waals surface area contributed by atoms with Crippen molar-refractivity contribution in [1.29, 1.82) is 0 Å². The Morgan fingerprint density at radius 3 is 2.15 bits per heavy atom. The Bertz CT molecular complexity index is 1280. The van der Waals surface area contributed by atoms with Crippen LogP contribution in [0.15, 0.2) is 102 Å². The van der Waals surface area contributed by atoms with Crippen molar-refractivity contribution in [1.82, 2.24) is 15.1 Å². The SMILES string of the molecule is NCCC[C@@H]1N[C@H](CN2C(C(N)=O)=CSC2c2ccccc2)CCN(CC(c2ccccc2)c2ccccc2)C1=O. The van der Waals surface area contributed by atoms with E-state index in [2.05, 4.69) is 70.9 Å². The molecule has 3 aromatic rings. The van der Waals surface area contributed by atoms with E-state index in [4.69, 9.17) is 11.5 Å². The van der Waals surface area contributed by atoms with Crippen molar-refractivity contribution in [3.05, 3.63) is 119 Å². The summed E-state index contributed by atoms with van der Waals surface area (Å²) in [5.41, 5.74) is 15.7. The summed E-state index contributed by atoms with van der Waals surface area (Å²) in [7, 11) is 0. The maximum Gasteiger partial charge on any atom is 0.265 e. The molecule has 1 fully saturated rings. The topological polar surface area (TPSA) is 105 Å². The lowest BCUT2D eigenvalue weighted by Gasteiger charge is -2.32. The number of nitrogens with one attached hydrogen (secondary N) is 1. The zero-order valence-corrected chi connectivity index (χ0v) is 24.1. The van der Waals surface area contributed by atoms with Gasteiger partial charge in [0.2, 0.25) is 5.91 Å². The Morgan fingerprint density at radius 2 is 1.56 bits per heavy atom. The lowest BCUT2D eigenvalue weighted by atomic mass is 9.90. The molecule has 8 heteroatoms. The van der Waals surface area contributed by atoms with Gasteiger partial charge in [-0.1, -0.05) is 91.0 Å². The fourth-order valence-electron chi connectivity index (χ4n) is 5.83. The quantitative estimate of drug-likeness (QED) is 0.320. The van der Waals surface area contributed by atoms with Crippen LogP contribution in [-0.2, 0) is 9.59 Å². The molecule has 2 aliphatic heterocycles. The highest BCUT2D eigenvalue weighted by Gasteiger charge is 2.37. The molecule has 1 saturated heterocycles. The number of benzene rings is 3. The van der Waals surface area contributed by atoms with Gasteiger partial charge in [-0.3, -0.25) is 9.59 Å². The number of thioether (sulfide) groups is 1. The van der Waals surface area contributed by atoms with Crippen molar-refractivity contribution in [2.24, 2.45) is 11.5 Å². The van der Waals surface area contributed by atoms with Gasteiger partial charge in [-0.15, -0.1) is 11.8 Å². The van der Waals surface area contributed by atoms with E-state index in [-0.39, 0.29) is 29.3 Å². The number of rotatable bonds is 11. The van der Waals surface area contributed by atoms with Gasteiger partial charge in [0.15, 0.2) is 0 Å². The molecular weight excluding hydrogens is 530 g/mol. The zero-order valence-electron chi connectivity index (χ0n) is 23.3. The van der Waals surface area contributed by atoms with E-state index >= 15 is 0 Å². The van der Waals surface area contributed by atoms with Gasteiger partial charge in [-0.2, -0.15) is 0 Å². The second kappa shape index (κ2) is 13.9. The molecule has 7 nitrogen and oxygen atoms in total. The minimum Gasteiger partial charge on any atom is -0.364 e. The average molecular weight is 570 g/mol. The summed E-state index contributed by atoms with van der Waals surface area (Å²) in [6.45, 7) is 2.32. The summed E-state index contributed by atoms with van der Waals surface area (Å²) in [6.07, 6.45) is 2.18. The molecule has 1 unspecified atom stereocenters. The van der Waals surface area contributed by atoms with Crippen LogP contribution >= 0.6 is 11.8 Å². The van der Waals surface area contributed by atoms with Crippen LogP contribution < -0.4 is 16.8 Å². The second-order valence-electron chi connectivity index (χ2n) is 10.7. The van der Waals surface area contributed by atoms with Crippen molar-refractivity contribution in [3.63, 3.8) is 0 Å². The summed E-state index contributed by atoms with van der Waals surface area (Å²) in [5.74, 6) is -0.260. The molecule has 0 spiro atoms. The van der Waals surface area contributed by atoms with Crippen LogP contribution in [0.4, 0.5) is 0 Å². The standard InChI is InChI=1S/C33H39N5O2S/c34-19-10-17-29-32(40)37(22-28(24-11-4-1-5-12-24)25-13-6-2-7-14-25)20-18-27(36-29)21-38-30(31(35)39)23-41-33(38)26-15-8-3-9-16-26/h1-9,11-16,23,27-29,33,36H,10,17-22,34H2,(H2,35,39)/t27-,29-,33?/m0/s1. The number of nitrogens with zero attached hydrogens (tertiary/aromatic N) is 2. The van der Waals surface area contributed by atoms with Crippen LogP contribution in [0.3, 0.4) is 0 Å². The average Bonchev–Trinajstić information content (AvgIpc) is 3.37. The van der Waals surface area contributed by atoms with Gasteiger partial charge in [-0.25, -0.2) is 0 Å². The van der Waals surface area contributed by atoms with Gasteiger partial charge < -0.3 is 26.6 Å². The predicted octanol–water partition coefficient (Wildman–Crippen LogP) is 4.19. The van der Waals surface area contributed by atoms with Crippen molar-refractivity contribution in [2.75, 3.05) is 26.2 Å². The van der Waals surface area contributed by atoms with E-state index < -0.39 is 5.91 Å². The highest BCUT2D eigenvalue weighted by atomic mass is 32.2. The first-order valence-electron chi connectivity index (χ1n) is 14.4. The van der Waals surface area contributed by atoms with Crippen LogP contribution in [0.25, 0.3) is 0 Å². The Balaban J connectivity index is 1.39. The molecule has 214 valence electrons. The lowest BCUT2D eigenvalue weighted by molar-refractivity contribution is -0.133. The van der Waals surface area contributed by atoms with Crippen molar-refractivity contribution >= 4 is 23.6 Å². The molecule has 0 bridgehead atoms. The molecule has 2 amide bonds. The first kappa shape index (κ1) is 28.9. The molecule has 0 saturated carbocycles. The molecule has 41 heavy (non-hydrogen) atoms. The summed E-state index contributed by atoms with van der Waals surface area (Å²) < 4.78 is 0. The fourth-order valence-corrected chi connectivity index (χ4v) is 7.00. The van der Waals surface area contributed by atoms with E-state index in [1.807, 2.05) is 40.6 Å². The van der Waals surface area contributed by atoms with E-state index in [1.165, 1.54) is 11.1 Å². The number of nitrogens with two attached hydrogens (primary N) is 2. The van der Waals surface area contributed by atoms with Crippen LogP contribution in [0, 0.1) is 0 Å². The minimum atomic E-state index is -0.435. The van der Waals surface area contributed by atoms with Crippen molar-refractivity contribution in [2.45, 2.75) is 42.6 Å². The van der Waals surface area contributed by atoms with E-state index in [1.54, 1.807) is 11.8 Å². The zero-order chi connectivity index (χ0) is 28.6. The maximum atomic E-state index is 14.0. The normalized spacial score (nSPS) is 21.2. The third kappa shape index (κ3) is 7.01.